The molecule has 8 heteroatoms. The zero-order valence-electron chi connectivity index (χ0n) is 19.9. The Balaban J connectivity index is 1.53. The van der Waals surface area contributed by atoms with Gasteiger partial charge in [0.1, 0.15) is 11.6 Å². The number of nitrogens with zero attached hydrogens (tertiary/aromatic N) is 3. The van der Waals surface area contributed by atoms with Crippen LogP contribution >= 0.6 is 0 Å². The van der Waals surface area contributed by atoms with Gasteiger partial charge in [0.05, 0.1) is 31.4 Å². The number of methoxy groups -OCH3 is 1. The highest BCUT2D eigenvalue weighted by molar-refractivity contribution is 5.92. The molecule has 180 valence electrons. The van der Waals surface area contributed by atoms with Crippen LogP contribution in [0.25, 0.3) is 17.1 Å². The van der Waals surface area contributed by atoms with Crippen LogP contribution in [-0.4, -0.2) is 34.4 Å². The van der Waals surface area contributed by atoms with Crippen molar-refractivity contribution in [1.29, 1.82) is 0 Å². The number of ether oxygens (including phenoxy) is 2. The van der Waals surface area contributed by atoms with Crippen LogP contribution < -0.4 is 14.8 Å². The van der Waals surface area contributed by atoms with Gasteiger partial charge in [-0.25, -0.2) is 9.07 Å². The molecule has 3 aromatic carbocycles. The van der Waals surface area contributed by atoms with Gasteiger partial charge in [-0.15, -0.1) is 5.10 Å². The van der Waals surface area contributed by atoms with Gasteiger partial charge in [0, 0.05) is 5.69 Å². The third kappa shape index (κ3) is 6.03. The first-order valence-corrected chi connectivity index (χ1v) is 11.3. The summed E-state index contributed by atoms with van der Waals surface area (Å²) in [6, 6.07) is 21.0. The fraction of sp³-hybridized carbons (Fsp3) is 0.222. The minimum Gasteiger partial charge on any atom is -0.497 e. The number of rotatable bonds is 9. The average molecular weight is 475 g/mol. The predicted molar refractivity (Wildman–Crippen MR) is 132 cm³/mol. The van der Waals surface area contributed by atoms with Gasteiger partial charge in [-0.05, 0) is 60.0 Å². The summed E-state index contributed by atoms with van der Waals surface area (Å²) in [5.74, 6) is 0.822. The number of carbonyl (C=O) groups excluding carboxylic acids is 1. The second-order valence-electron chi connectivity index (χ2n) is 8.43. The molecule has 0 spiro atoms. The second kappa shape index (κ2) is 10.8. The monoisotopic (exact) mass is 474 g/mol. The Morgan fingerprint density at radius 2 is 1.74 bits per heavy atom. The topological polar surface area (TPSA) is 78.3 Å². The van der Waals surface area contributed by atoms with Crippen molar-refractivity contribution in [2.75, 3.05) is 19.0 Å². The largest absolute Gasteiger partial charge is 0.497 e. The fourth-order valence-electron chi connectivity index (χ4n) is 3.41. The SMILES string of the molecule is COc1ccc(CC(=O)Nc2ccc(-n3nc(OCC(C)C)nc3-c3ccccc3F)cc2)cc1. The number of aromatic nitrogens is 3. The van der Waals surface area contributed by atoms with Gasteiger partial charge in [-0.3, -0.25) is 4.79 Å². The third-order valence-corrected chi connectivity index (χ3v) is 5.17. The number of anilines is 1. The van der Waals surface area contributed by atoms with E-state index in [1.807, 2.05) is 38.1 Å². The molecule has 4 aromatic rings. The fourth-order valence-corrected chi connectivity index (χ4v) is 3.41. The molecular weight excluding hydrogens is 447 g/mol. The zero-order chi connectivity index (χ0) is 24.8. The number of amides is 1. The molecule has 0 fully saturated rings. The van der Waals surface area contributed by atoms with Crippen molar-refractivity contribution in [3.8, 4) is 28.8 Å². The lowest BCUT2D eigenvalue weighted by Crippen LogP contribution is -2.14. The molecule has 0 saturated heterocycles. The number of halogens is 1. The molecule has 1 heterocycles. The summed E-state index contributed by atoms with van der Waals surface area (Å²) in [7, 11) is 1.60. The van der Waals surface area contributed by atoms with Crippen LogP contribution in [0.4, 0.5) is 10.1 Å². The lowest BCUT2D eigenvalue weighted by atomic mass is 10.1. The quantitative estimate of drug-likeness (QED) is 0.356. The van der Waals surface area contributed by atoms with E-state index in [2.05, 4.69) is 15.4 Å². The molecule has 4 rings (SSSR count). The van der Waals surface area contributed by atoms with Crippen molar-refractivity contribution in [2.24, 2.45) is 5.92 Å². The van der Waals surface area contributed by atoms with Gasteiger partial charge in [0.15, 0.2) is 5.82 Å². The Morgan fingerprint density at radius 3 is 2.40 bits per heavy atom. The van der Waals surface area contributed by atoms with Crippen LogP contribution in [0.15, 0.2) is 72.8 Å². The smallest absolute Gasteiger partial charge is 0.336 e. The molecule has 1 N–H and O–H groups in total. The third-order valence-electron chi connectivity index (χ3n) is 5.17. The molecule has 0 aliphatic carbocycles. The normalized spacial score (nSPS) is 10.9. The summed E-state index contributed by atoms with van der Waals surface area (Å²) in [5, 5.41) is 7.34. The van der Waals surface area contributed by atoms with E-state index in [4.69, 9.17) is 9.47 Å². The van der Waals surface area contributed by atoms with Crippen molar-refractivity contribution in [3.05, 3.63) is 84.2 Å². The van der Waals surface area contributed by atoms with E-state index in [-0.39, 0.29) is 18.3 Å². The molecular formula is C27H27FN4O3. The average Bonchev–Trinajstić information content (AvgIpc) is 3.28. The minimum absolute atomic E-state index is 0.139. The van der Waals surface area contributed by atoms with E-state index in [0.29, 0.717) is 35.3 Å². The standard InChI is InChI=1S/C27H27FN4O3/c1-18(2)17-35-27-30-26(23-6-4-5-7-24(23)28)32(31-27)21-12-10-20(11-13-21)29-25(33)16-19-8-14-22(34-3)15-9-19/h4-15,18H,16-17H2,1-3H3,(H,29,33). The zero-order valence-corrected chi connectivity index (χ0v) is 19.9. The van der Waals surface area contributed by atoms with Crippen molar-refractivity contribution in [2.45, 2.75) is 20.3 Å². The summed E-state index contributed by atoms with van der Waals surface area (Å²) < 4.78 is 26.9. The van der Waals surface area contributed by atoms with Crippen LogP contribution in [-0.2, 0) is 11.2 Å². The highest BCUT2D eigenvalue weighted by Crippen LogP contribution is 2.26. The van der Waals surface area contributed by atoms with Gasteiger partial charge >= 0.3 is 6.01 Å². The molecule has 1 aromatic heterocycles. The summed E-state index contributed by atoms with van der Waals surface area (Å²) in [4.78, 5) is 16.9. The Kier molecular flexibility index (Phi) is 7.40. The van der Waals surface area contributed by atoms with Crippen molar-refractivity contribution in [3.63, 3.8) is 0 Å². The molecule has 0 unspecified atom stereocenters. The Morgan fingerprint density at radius 1 is 1.03 bits per heavy atom. The van der Waals surface area contributed by atoms with Crippen molar-refractivity contribution < 1.29 is 18.7 Å². The first kappa shape index (κ1) is 23.9. The number of hydrogen-bond acceptors (Lipinski definition) is 5. The molecule has 0 bridgehead atoms. The van der Waals surface area contributed by atoms with Crippen LogP contribution in [0.2, 0.25) is 0 Å². The van der Waals surface area contributed by atoms with E-state index >= 15 is 0 Å². The number of hydrogen-bond donors (Lipinski definition) is 1. The Labute approximate surface area is 203 Å². The van der Waals surface area contributed by atoms with E-state index in [9.17, 15) is 9.18 Å². The summed E-state index contributed by atoms with van der Waals surface area (Å²) >= 11 is 0. The summed E-state index contributed by atoms with van der Waals surface area (Å²) in [6.45, 7) is 4.49. The maximum absolute atomic E-state index is 14.5. The lowest BCUT2D eigenvalue weighted by molar-refractivity contribution is -0.115. The van der Waals surface area contributed by atoms with Gasteiger partial charge in [-0.1, -0.05) is 38.1 Å². The van der Waals surface area contributed by atoms with E-state index in [0.717, 1.165) is 11.3 Å². The highest BCUT2D eigenvalue weighted by atomic mass is 19.1. The molecule has 0 atom stereocenters. The van der Waals surface area contributed by atoms with Crippen LogP contribution in [0, 0.1) is 11.7 Å². The van der Waals surface area contributed by atoms with Gasteiger partial charge in [0.2, 0.25) is 5.91 Å². The molecule has 0 radical (unpaired) electrons. The van der Waals surface area contributed by atoms with Gasteiger partial charge in [-0.2, -0.15) is 4.98 Å². The number of carbonyl (C=O) groups is 1. The highest BCUT2D eigenvalue weighted by Gasteiger charge is 2.18. The second-order valence-corrected chi connectivity index (χ2v) is 8.43. The van der Waals surface area contributed by atoms with E-state index in [1.165, 1.54) is 10.7 Å². The summed E-state index contributed by atoms with van der Waals surface area (Å²) in [5.41, 5.74) is 2.49. The van der Waals surface area contributed by atoms with Crippen LogP contribution in [0.5, 0.6) is 11.8 Å². The van der Waals surface area contributed by atoms with Gasteiger partial charge in [0.25, 0.3) is 0 Å². The maximum Gasteiger partial charge on any atom is 0.336 e. The lowest BCUT2D eigenvalue weighted by Gasteiger charge is -2.09. The van der Waals surface area contributed by atoms with Crippen molar-refractivity contribution >= 4 is 11.6 Å². The molecule has 35 heavy (non-hydrogen) atoms. The first-order chi connectivity index (χ1) is 16.9. The molecule has 1 amide bonds. The number of benzene rings is 3. The van der Waals surface area contributed by atoms with Crippen LogP contribution in [0.3, 0.4) is 0 Å². The maximum atomic E-state index is 14.5. The van der Waals surface area contributed by atoms with Crippen molar-refractivity contribution in [1.82, 2.24) is 14.8 Å². The first-order valence-electron chi connectivity index (χ1n) is 11.3. The molecule has 0 aliphatic heterocycles. The van der Waals surface area contributed by atoms with E-state index in [1.54, 1.807) is 49.6 Å². The molecule has 0 aliphatic rings. The molecule has 0 saturated carbocycles. The molecule has 7 nitrogen and oxygen atoms in total. The minimum atomic E-state index is -0.404. The Bertz CT molecular complexity index is 1280. The Hall–Kier alpha value is -4.20. The number of nitrogens with one attached hydrogen (secondary N) is 1. The summed E-state index contributed by atoms with van der Waals surface area (Å²) in [6.07, 6.45) is 0.239. The van der Waals surface area contributed by atoms with Crippen LogP contribution in [0.1, 0.15) is 19.4 Å². The van der Waals surface area contributed by atoms with Gasteiger partial charge < -0.3 is 14.8 Å². The predicted octanol–water partition coefficient (Wildman–Crippen LogP) is 5.30. The van der Waals surface area contributed by atoms with E-state index < -0.39 is 5.82 Å².